The number of nitrogens with one attached hydrogen (secondary N) is 2. The van der Waals surface area contributed by atoms with Crippen molar-refractivity contribution in [2.24, 2.45) is 7.05 Å². The van der Waals surface area contributed by atoms with Gasteiger partial charge in [-0.05, 0) is 36.4 Å². The summed E-state index contributed by atoms with van der Waals surface area (Å²) < 4.78 is 1.63. The highest BCUT2D eigenvalue weighted by molar-refractivity contribution is 7.99. The molecule has 2 N–H and O–H groups in total. The van der Waals surface area contributed by atoms with Crippen LogP contribution in [-0.4, -0.2) is 32.3 Å². The largest absolute Gasteiger partial charge is 0.325 e. The summed E-state index contributed by atoms with van der Waals surface area (Å²) in [6, 6.07) is 15.7. The number of benzene rings is 2. The smallest absolute Gasteiger partial charge is 0.258 e. The Morgan fingerprint density at radius 1 is 1.04 bits per heavy atom. The minimum atomic E-state index is -0.275. The van der Waals surface area contributed by atoms with Crippen molar-refractivity contribution in [2.75, 3.05) is 16.4 Å². The molecule has 2 amide bonds. The minimum absolute atomic E-state index is 0.154. The van der Waals surface area contributed by atoms with E-state index in [0.717, 1.165) is 0 Å². The monoisotopic (exact) mass is 401 g/mol. The van der Waals surface area contributed by atoms with E-state index >= 15 is 0 Å². The Labute approximate surface area is 165 Å². The average Bonchev–Trinajstić information content (AvgIpc) is 3.02. The molecule has 0 fully saturated rings. The molecule has 0 saturated heterocycles. The molecule has 0 spiro atoms. The lowest BCUT2D eigenvalue weighted by molar-refractivity contribution is -0.113. The predicted octanol–water partition coefficient (Wildman–Crippen LogP) is 3.45. The van der Waals surface area contributed by atoms with Crippen molar-refractivity contribution < 1.29 is 9.59 Å². The number of anilines is 2. The van der Waals surface area contributed by atoms with Crippen LogP contribution in [0.3, 0.4) is 0 Å². The number of hydrogen-bond donors (Lipinski definition) is 2. The summed E-state index contributed by atoms with van der Waals surface area (Å²) in [5, 5.41) is 14.6. The lowest BCUT2D eigenvalue weighted by Gasteiger charge is -2.06. The first-order chi connectivity index (χ1) is 13.0. The second kappa shape index (κ2) is 8.70. The zero-order valence-corrected chi connectivity index (χ0v) is 15.9. The molecule has 3 rings (SSSR count). The maximum absolute atomic E-state index is 12.2. The van der Waals surface area contributed by atoms with Gasteiger partial charge in [-0.3, -0.25) is 19.5 Å². The van der Waals surface area contributed by atoms with Gasteiger partial charge in [-0.2, -0.15) is 0 Å². The molecule has 1 aromatic heterocycles. The molecule has 0 aliphatic rings. The Morgan fingerprint density at radius 3 is 2.44 bits per heavy atom. The summed E-state index contributed by atoms with van der Waals surface area (Å²) in [6.45, 7) is 0. The number of thioether (sulfide) groups is 1. The highest BCUT2D eigenvalue weighted by Gasteiger charge is 2.14. The van der Waals surface area contributed by atoms with Crippen LogP contribution in [0.25, 0.3) is 0 Å². The van der Waals surface area contributed by atoms with E-state index in [1.165, 1.54) is 11.8 Å². The fourth-order valence-corrected chi connectivity index (χ4v) is 3.01. The zero-order valence-electron chi connectivity index (χ0n) is 14.3. The fraction of sp³-hybridized carbons (Fsp3) is 0.111. The highest BCUT2D eigenvalue weighted by Crippen LogP contribution is 2.19. The van der Waals surface area contributed by atoms with Crippen molar-refractivity contribution in [1.29, 1.82) is 0 Å². The van der Waals surface area contributed by atoms with Crippen LogP contribution in [0.2, 0.25) is 5.02 Å². The molecule has 3 aromatic rings. The van der Waals surface area contributed by atoms with Crippen LogP contribution in [0.15, 0.2) is 59.8 Å². The fourth-order valence-electron chi connectivity index (χ4n) is 2.17. The summed E-state index contributed by atoms with van der Waals surface area (Å²) in [6.07, 6.45) is 0. The molecule has 0 aliphatic heterocycles. The molecule has 27 heavy (non-hydrogen) atoms. The third-order valence-electron chi connectivity index (χ3n) is 3.56. The molecule has 0 aliphatic carbocycles. The number of carbonyl (C=O) groups excluding carboxylic acids is 2. The molecule has 138 valence electrons. The lowest BCUT2D eigenvalue weighted by atomic mass is 10.2. The predicted molar refractivity (Wildman–Crippen MR) is 106 cm³/mol. The van der Waals surface area contributed by atoms with Crippen LogP contribution in [0, 0.1) is 0 Å². The molecule has 1 heterocycles. The van der Waals surface area contributed by atoms with Gasteiger partial charge in [0.25, 0.3) is 5.91 Å². The van der Waals surface area contributed by atoms with E-state index in [1.807, 2.05) is 6.07 Å². The Morgan fingerprint density at radius 2 is 1.74 bits per heavy atom. The molecule has 0 atom stereocenters. The van der Waals surface area contributed by atoms with E-state index in [4.69, 9.17) is 11.6 Å². The van der Waals surface area contributed by atoms with E-state index in [1.54, 1.807) is 60.1 Å². The molecule has 9 heteroatoms. The maximum Gasteiger partial charge on any atom is 0.258 e. The van der Waals surface area contributed by atoms with Crippen LogP contribution >= 0.6 is 23.4 Å². The molecule has 0 bridgehead atoms. The zero-order chi connectivity index (χ0) is 19.2. The second-order valence-corrected chi connectivity index (χ2v) is 6.91. The summed E-state index contributed by atoms with van der Waals surface area (Å²) in [7, 11) is 1.72. The van der Waals surface area contributed by atoms with E-state index in [0.29, 0.717) is 27.4 Å². The SMILES string of the molecule is Cn1c(NC(=O)c2ccccc2)nnc1SCC(=O)Nc1ccc(Cl)cc1. The summed E-state index contributed by atoms with van der Waals surface area (Å²) in [4.78, 5) is 24.3. The average molecular weight is 402 g/mol. The van der Waals surface area contributed by atoms with E-state index in [2.05, 4.69) is 20.8 Å². The number of nitrogens with zero attached hydrogens (tertiary/aromatic N) is 3. The number of amides is 2. The van der Waals surface area contributed by atoms with Crippen molar-refractivity contribution in [2.45, 2.75) is 5.16 Å². The molecule has 0 radical (unpaired) electrons. The summed E-state index contributed by atoms with van der Waals surface area (Å²) in [5.41, 5.74) is 1.19. The minimum Gasteiger partial charge on any atom is -0.325 e. The number of rotatable bonds is 6. The van der Waals surface area contributed by atoms with Gasteiger partial charge in [0.2, 0.25) is 11.9 Å². The molecular weight excluding hydrogens is 386 g/mol. The van der Waals surface area contributed by atoms with Crippen LogP contribution in [-0.2, 0) is 11.8 Å². The third kappa shape index (κ3) is 5.08. The Hall–Kier alpha value is -2.84. The Bertz CT molecular complexity index is 944. The standard InChI is InChI=1S/C18H16ClN5O2S/c1-24-17(21-16(26)12-5-3-2-4-6-12)22-23-18(24)27-11-15(25)20-14-9-7-13(19)8-10-14/h2-10H,11H2,1H3,(H,20,25)(H,21,22,26). The van der Waals surface area contributed by atoms with Gasteiger partial charge in [0.1, 0.15) is 0 Å². The normalized spacial score (nSPS) is 10.4. The van der Waals surface area contributed by atoms with Gasteiger partial charge in [0, 0.05) is 23.3 Å². The summed E-state index contributed by atoms with van der Waals surface area (Å²) >= 11 is 7.04. The van der Waals surface area contributed by atoms with Crippen molar-refractivity contribution in [3.63, 3.8) is 0 Å². The number of carbonyl (C=O) groups is 2. The first-order valence-corrected chi connectivity index (χ1v) is 9.33. The van der Waals surface area contributed by atoms with Gasteiger partial charge in [-0.1, -0.05) is 41.6 Å². The molecule has 0 unspecified atom stereocenters. The van der Waals surface area contributed by atoms with Crippen LogP contribution < -0.4 is 10.6 Å². The number of aromatic nitrogens is 3. The molecular formula is C18H16ClN5O2S. The summed E-state index contributed by atoms with van der Waals surface area (Å²) in [5.74, 6) is 0.00843. The Balaban J connectivity index is 1.56. The molecule has 7 nitrogen and oxygen atoms in total. The van der Waals surface area contributed by atoms with Gasteiger partial charge in [0.15, 0.2) is 5.16 Å². The van der Waals surface area contributed by atoms with Crippen LogP contribution in [0.1, 0.15) is 10.4 Å². The third-order valence-corrected chi connectivity index (χ3v) is 4.83. The first kappa shape index (κ1) is 18.9. The van der Waals surface area contributed by atoms with Crippen molar-refractivity contribution in [1.82, 2.24) is 14.8 Å². The van der Waals surface area contributed by atoms with Crippen molar-refractivity contribution in [3.05, 3.63) is 65.2 Å². The molecule has 2 aromatic carbocycles. The van der Waals surface area contributed by atoms with Gasteiger partial charge < -0.3 is 5.32 Å². The Kier molecular flexibility index (Phi) is 6.10. The van der Waals surface area contributed by atoms with Gasteiger partial charge in [-0.15, -0.1) is 10.2 Å². The van der Waals surface area contributed by atoms with E-state index in [9.17, 15) is 9.59 Å². The van der Waals surface area contributed by atoms with Gasteiger partial charge in [0.05, 0.1) is 5.75 Å². The van der Waals surface area contributed by atoms with E-state index in [-0.39, 0.29) is 17.6 Å². The molecule has 0 saturated carbocycles. The first-order valence-electron chi connectivity index (χ1n) is 7.97. The van der Waals surface area contributed by atoms with Crippen LogP contribution in [0.4, 0.5) is 11.6 Å². The van der Waals surface area contributed by atoms with Crippen molar-refractivity contribution >= 4 is 46.8 Å². The quantitative estimate of drug-likeness (QED) is 0.617. The number of halogens is 1. The van der Waals surface area contributed by atoms with Crippen LogP contribution in [0.5, 0.6) is 0 Å². The highest BCUT2D eigenvalue weighted by atomic mass is 35.5. The van der Waals surface area contributed by atoms with E-state index < -0.39 is 0 Å². The van der Waals surface area contributed by atoms with Gasteiger partial charge in [-0.25, -0.2) is 0 Å². The topological polar surface area (TPSA) is 88.9 Å². The lowest BCUT2D eigenvalue weighted by Crippen LogP contribution is -2.16. The maximum atomic E-state index is 12.2. The van der Waals surface area contributed by atoms with Gasteiger partial charge >= 0.3 is 0 Å². The number of hydrogen-bond acceptors (Lipinski definition) is 5. The van der Waals surface area contributed by atoms with Crippen molar-refractivity contribution in [3.8, 4) is 0 Å². The second-order valence-electron chi connectivity index (χ2n) is 5.53.